The molecule has 2 heterocycles. The van der Waals surface area contributed by atoms with E-state index in [0.29, 0.717) is 25.2 Å². The average Bonchev–Trinajstić information content (AvgIpc) is 3.42. The Morgan fingerprint density at radius 1 is 1.15 bits per heavy atom. The van der Waals surface area contributed by atoms with Gasteiger partial charge in [0.15, 0.2) is 6.61 Å². The summed E-state index contributed by atoms with van der Waals surface area (Å²) in [6.45, 7) is 7.88. The third kappa shape index (κ3) is 5.91. The Kier molecular flexibility index (Phi) is 8.86. The van der Waals surface area contributed by atoms with Crippen molar-refractivity contribution in [1.82, 2.24) is 0 Å². The fraction of sp³-hybridized carbons (Fsp3) is 0.594. The molecule has 0 spiro atoms. The number of esters is 3. The Labute approximate surface area is 231 Å². The quantitative estimate of drug-likeness (QED) is 0.135. The average molecular weight is 537 g/mol. The Balaban J connectivity index is 1.51. The topological polar surface area (TPSA) is 88.1 Å². The van der Waals surface area contributed by atoms with Crippen molar-refractivity contribution in [3.63, 3.8) is 0 Å². The third-order valence-electron chi connectivity index (χ3n) is 8.93. The Bertz CT molecular complexity index is 1120. The zero-order chi connectivity index (χ0) is 28.2. The van der Waals surface area contributed by atoms with E-state index in [1.54, 1.807) is 6.08 Å². The minimum Gasteiger partial charge on any atom is -0.457 e. The maximum absolute atomic E-state index is 13.1. The molecule has 7 atom stereocenters. The molecule has 1 unspecified atom stereocenters. The van der Waals surface area contributed by atoms with Gasteiger partial charge in [-0.15, -0.1) is 12.3 Å². The first-order chi connectivity index (χ1) is 18.6. The van der Waals surface area contributed by atoms with E-state index in [9.17, 15) is 14.4 Å². The van der Waals surface area contributed by atoms with Gasteiger partial charge in [0.1, 0.15) is 23.4 Å². The number of rotatable bonds is 10. The Morgan fingerprint density at radius 3 is 2.59 bits per heavy atom. The lowest BCUT2D eigenvalue weighted by Crippen LogP contribution is -2.62. The number of unbranched alkanes of at least 4 members (excludes halogenated alkanes) is 1. The molecule has 2 saturated heterocycles. The van der Waals surface area contributed by atoms with Gasteiger partial charge in [0.05, 0.1) is 0 Å². The molecule has 1 aromatic carbocycles. The second kappa shape index (κ2) is 12.0. The van der Waals surface area contributed by atoms with Crippen molar-refractivity contribution in [3.8, 4) is 12.3 Å². The molecule has 7 nitrogen and oxygen atoms in total. The number of carbonyl (C=O) groups excluding carboxylic acids is 3. The minimum atomic E-state index is -0.804. The van der Waals surface area contributed by atoms with Gasteiger partial charge in [0.25, 0.3) is 0 Å². The van der Waals surface area contributed by atoms with Crippen LogP contribution in [0.1, 0.15) is 71.8 Å². The number of hydrogen-bond acceptors (Lipinski definition) is 7. The van der Waals surface area contributed by atoms with E-state index in [-0.39, 0.29) is 24.2 Å². The molecule has 2 aliphatic heterocycles. The molecule has 0 amide bonds. The van der Waals surface area contributed by atoms with Crippen LogP contribution in [0.15, 0.2) is 36.4 Å². The van der Waals surface area contributed by atoms with Gasteiger partial charge in [-0.3, -0.25) is 4.79 Å². The maximum atomic E-state index is 13.1. The predicted molar refractivity (Wildman–Crippen MR) is 146 cm³/mol. The summed E-state index contributed by atoms with van der Waals surface area (Å²) < 4.78 is 24.2. The monoisotopic (exact) mass is 536 g/mol. The first kappa shape index (κ1) is 28.9. The van der Waals surface area contributed by atoms with Crippen LogP contribution < -0.4 is 0 Å². The van der Waals surface area contributed by atoms with E-state index >= 15 is 0 Å². The molecule has 0 radical (unpaired) electrons. The largest absolute Gasteiger partial charge is 0.457 e. The molecule has 1 saturated carbocycles. The molecule has 1 aliphatic carbocycles. The summed E-state index contributed by atoms with van der Waals surface area (Å²) in [6, 6.07) is 9.61. The van der Waals surface area contributed by atoms with Crippen molar-refractivity contribution in [3.05, 3.63) is 42.0 Å². The van der Waals surface area contributed by atoms with Crippen molar-refractivity contribution in [2.45, 2.75) is 89.6 Å². The van der Waals surface area contributed by atoms with E-state index in [1.807, 2.05) is 37.3 Å². The van der Waals surface area contributed by atoms with Gasteiger partial charge in [-0.1, -0.05) is 51.1 Å². The molecule has 7 heteroatoms. The van der Waals surface area contributed by atoms with Crippen LogP contribution in [-0.2, 0) is 33.3 Å². The van der Waals surface area contributed by atoms with E-state index in [1.165, 1.54) is 6.08 Å². The Morgan fingerprint density at radius 2 is 1.90 bits per heavy atom. The molecule has 1 aromatic rings. The zero-order valence-electron chi connectivity index (χ0n) is 23.4. The fourth-order valence-corrected chi connectivity index (χ4v) is 6.88. The summed E-state index contributed by atoms with van der Waals surface area (Å²) in [6.07, 6.45) is 10.8. The van der Waals surface area contributed by atoms with Gasteiger partial charge in [0.2, 0.25) is 0 Å². The molecule has 3 aliphatic rings. The lowest BCUT2D eigenvalue weighted by atomic mass is 9.69. The second-order valence-corrected chi connectivity index (χ2v) is 11.6. The second-order valence-electron chi connectivity index (χ2n) is 11.6. The number of benzene rings is 1. The molecule has 39 heavy (non-hydrogen) atoms. The Hall–Kier alpha value is -3.11. The van der Waals surface area contributed by atoms with Crippen LogP contribution in [-0.4, -0.2) is 47.9 Å². The van der Waals surface area contributed by atoms with Crippen molar-refractivity contribution in [2.24, 2.45) is 23.7 Å². The van der Waals surface area contributed by atoms with E-state index in [2.05, 4.69) is 26.7 Å². The van der Waals surface area contributed by atoms with Crippen LogP contribution in [0.2, 0.25) is 0 Å². The van der Waals surface area contributed by atoms with Crippen molar-refractivity contribution in [1.29, 1.82) is 0 Å². The SMILES string of the molecule is C#CCCCC(=O)OCC(=O)O[C@@H]1C[C@]2(C(C)C)OC1(C)[C@@H]1CC[C@@H](C)[C@H]1[C@@H]2OC(=O)/C=C/c1ccccc1. The number of fused-ring (bicyclic) bond motifs is 4. The van der Waals surface area contributed by atoms with E-state index in [4.69, 9.17) is 25.4 Å². The molecule has 4 rings (SSSR count). The van der Waals surface area contributed by atoms with Gasteiger partial charge < -0.3 is 18.9 Å². The molecular weight excluding hydrogens is 496 g/mol. The van der Waals surface area contributed by atoms with Gasteiger partial charge in [-0.2, -0.15) is 0 Å². The summed E-state index contributed by atoms with van der Waals surface area (Å²) in [5, 5.41) is 0. The van der Waals surface area contributed by atoms with Gasteiger partial charge in [-0.05, 0) is 55.6 Å². The fourth-order valence-electron chi connectivity index (χ4n) is 6.88. The summed E-state index contributed by atoms with van der Waals surface area (Å²) in [7, 11) is 0. The number of terminal acetylenes is 1. The third-order valence-corrected chi connectivity index (χ3v) is 8.93. The van der Waals surface area contributed by atoms with Crippen LogP contribution in [0.5, 0.6) is 0 Å². The van der Waals surface area contributed by atoms with Crippen LogP contribution in [0, 0.1) is 36.0 Å². The highest BCUT2D eigenvalue weighted by Gasteiger charge is 2.72. The van der Waals surface area contributed by atoms with Crippen molar-refractivity contribution >= 4 is 24.0 Å². The van der Waals surface area contributed by atoms with Gasteiger partial charge in [0, 0.05) is 31.3 Å². The lowest BCUT2D eigenvalue weighted by Gasteiger charge is -2.52. The molecule has 0 N–H and O–H groups in total. The van der Waals surface area contributed by atoms with E-state index < -0.39 is 47.9 Å². The summed E-state index contributed by atoms with van der Waals surface area (Å²) in [4.78, 5) is 37.8. The highest BCUT2D eigenvalue weighted by molar-refractivity contribution is 5.87. The first-order valence-corrected chi connectivity index (χ1v) is 14.0. The normalized spacial score (nSPS) is 33.0. The summed E-state index contributed by atoms with van der Waals surface area (Å²) in [5.74, 6) is 1.44. The molecule has 3 fully saturated rings. The highest BCUT2D eigenvalue weighted by Crippen LogP contribution is 2.63. The molecule has 0 aromatic heterocycles. The summed E-state index contributed by atoms with van der Waals surface area (Å²) in [5.41, 5.74) is -0.617. The number of carbonyl (C=O) groups is 3. The first-order valence-electron chi connectivity index (χ1n) is 14.0. The molecular formula is C32H40O7. The van der Waals surface area contributed by atoms with E-state index in [0.717, 1.165) is 18.4 Å². The zero-order valence-corrected chi connectivity index (χ0v) is 23.4. The summed E-state index contributed by atoms with van der Waals surface area (Å²) >= 11 is 0. The van der Waals surface area contributed by atoms with Crippen LogP contribution in [0.25, 0.3) is 6.08 Å². The highest BCUT2D eigenvalue weighted by atomic mass is 16.6. The molecule has 2 bridgehead atoms. The standard InChI is InChI=1S/C32H40O7/c1-6-7-9-14-26(33)36-20-28(35)37-25-19-32(21(2)3)30(29-22(4)15-17-24(29)31(25,5)39-32)38-27(34)18-16-23-12-10-8-11-13-23/h1,8,10-13,16,18,21-22,24-25,29-30H,7,9,14-15,17,19-20H2,2-5H3/b18-16+/t22-,24-,25-,29-,30+,31?,32-/m1/s1. The van der Waals surface area contributed by atoms with Crippen LogP contribution in [0.4, 0.5) is 0 Å². The van der Waals surface area contributed by atoms with Gasteiger partial charge in [-0.25, -0.2) is 9.59 Å². The lowest BCUT2D eigenvalue weighted by molar-refractivity contribution is -0.264. The number of hydrogen-bond donors (Lipinski definition) is 0. The van der Waals surface area contributed by atoms with Crippen LogP contribution >= 0.6 is 0 Å². The number of ether oxygens (including phenoxy) is 4. The molecule has 210 valence electrons. The van der Waals surface area contributed by atoms with Crippen molar-refractivity contribution in [2.75, 3.05) is 6.61 Å². The smallest absolute Gasteiger partial charge is 0.344 e. The van der Waals surface area contributed by atoms with Crippen LogP contribution in [0.3, 0.4) is 0 Å². The minimum absolute atomic E-state index is 0.000776. The van der Waals surface area contributed by atoms with Gasteiger partial charge >= 0.3 is 17.9 Å². The van der Waals surface area contributed by atoms with Crippen molar-refractivity contribution < 1.29 is 33.3 Å². The predicted octanol–water partition coefficient (Wildman–Crippen LogP) is 5.12. The maximum Gasteiger partial charge on any atom is 0.344 e.